The second-order valence-electron chi connectivity index (χ2n) is 4.35. The van der Waals surface area contributed by atoms with Crippen LogP contribution in [0.1, 0.15) is 15.2 Å². The Labute approximate surface area is 130 Å². The van der Waals surface area contributed by atoms with E-state index in [-0.39, 0.29) is 5.91 Å². The molecule has 4 nitrogen and oxygen atoms in total. The molecule has 0 fully saturated rings. The molecule has 2 rings (SSSR count). The summed E-state index contributed by atoms with van der Waals surface area (Å²) in [4.78, 5) is 15.1. The van der Waals surface area contributed by atoms with E-state index in [2.05, 4.69) is 15.9 Å². The molecular weight excluding hydrogens is 340 g/mol. The second kappa shape index (κ2) is 6.28. The lowest BCUT2D eigenvalue weighted by Crippen LogP contribution is -2.26. The monoisotopic (exact) mass is 354 g/mol. The molecule has 1 aromatic heterocycles. The predicted molar refractivity (Wildman–Crippen MR) is 85.2 cm³/mol. The van der Waals surface area contributed by atoms with Gasteiger partial charge in [0, 0.05) is 33.5 Å². The maximum atomic E-state index is 12.4. The maximum Gasteiger partial charge on any atom is 0.256 e. The Bertz CT molecular complexity index is 627. The molecule has 0 aliphatic heterocycles. The van der Waals surface area contributed by atoms with Crippen LogP contribution in [-0.2, 0) is 6.54 Å². The fraction of sp³-hybridized carbons (Fsp3) is 0.214. The highest BCUT2D eigenvalue weighted by molar-refractivity contribution is 9.10. The van der Waals surface area contributed by atoms with Crippen molar-refractivity contribution in [3.63, 3.8) is 0 Å². The van der Waals surface area contributed by atoms with Gasteiger partial charge >= 0.3 is 0 Å². The van der Waals surface area contributed by atoms with E-state index in [9.17, 15) is 4.79 Å². The summed E-state index contributed by atoms with van der Waals surface area (Å²) in [5.74, 6) is 0.540. The number of carbonyl (C=O) groups excluding carboxylic acids is 1. The zero-order valence-corrected chi connectivity index (χ0v) is 13.6. The SMILES string of the molecule is COc1ccc(C(=O)N(C)Cc2cc(Br)cs2)c(N)c1. The van der Waals surface area contributed by atoms with Crippen molar-refractivity contribution in [3.05, 3.63) is 44.6 Å². The molecule has 0 radical (unpaired) electrons. The third-order valence-electron chi connectivity index (χ3n) is 2.85. The van der Waals surface area contributed by atoms with E-state index in [4.69, 9.17) is 10.5 Å². The first-order valence-electron chi connectivity index (χ1n) is 5.93. The van der Waals surface area contributed by atoms with E-state index in [1.807, 2.05) is 11.4 Å². The van der Waals surface area contributed by atoms with Gasteiger partial charge in [-0.05, 0) is 34.1 Å². The molecule has 0 saturated heterocycles. The summed E-state index contributed by atoms with van der Waals surface area (Å²) in [5.41, 5.74) is 6.82. The number of benzene rings is 1. The van der Waals surface area contributed by atoms with Gasteiger partial charge in [0.1, 0.15) is 5.75 Å². The Morgan fingerprint density at radius 1 is 1.45 bits per heavy atom. The molecular formula is C14H15BrN2O2S. The number of thiophene rings is 1. The zero-order valence-electron chi connectivity index (χ0n) is 11.2. The van der Waals surface area contributed by atoms with Crippen LogP contribution in [0.25, 0.3) is 0 Å². The van der Waals surface area contributed by atoms with Gasteiger partial charge < -0.3 is 15.4 Å². The minimum absolute atomic E-state index is 0.102. The number of ether oxygens (including phenoxy) is 1. The first kappa shape index (κ1) is 14.9. The molecule has 6 heteroatoms. The largest absolute Gasteiger partial charge is 0.497 e. The molecule has 2 aromatic rings. The lowest BCUT2D eigenvalue weighted by molar-refractivity contribution is 0.0787. The normalized spacial score (nSPS) is 10.3. The van der Waals surface area contributed by atoms with Crippen molar-refractivity contribution < 1.29 is 9.53 Å². The van der Waals surface area contributed by atoms with E-state index in [1.165, 1.54) is 0 Å². The van der Waals surface area contributed by atoms with Gasteiger partial charge in [0.2, 0.25) is 0 Å². The van der Waals surface area contributed by atoms with Gasteiger partial charge in [-0.1, -0.05) is 0 Å². The van der Waals surface area contributed by atoms with E-state index in [0.717, 1.165) is 9.35 Å². The molecule has 1 amide bonds. The maximum absolute atomic E-state index is 12.4. The molecule has 20 heavy (non-hydrogen) atoms. The summed E-state index contributed by atoms with van der Waals surface area (Å²) in [7, 11) is 3.33. The molecule has 0 unspecified atom stereocenters. The van der Waals surface area contributed by atoms with Crippen LogP contribution in [0.2, 0.25) is 0 Å². The molecule has 0 aliphatic rings. The van der Waals surface area contributed by atoms with Gasteiger partial charge in [-0.3, -0.25) is 4.79 Å². The lowest BCUT2D eigenvalue weighted by Gasteiger charge is -2.17. The van der Waals surface area contributed by atoms with Crippen LogP contribution in [0, 0.1) is 0 Å². The number of hydrogen-bond acceptors (Lipinski definition) is 4. The van der Waals surface area contributed by atoms with Crippen molar-refractivity contribution in [2.75, 3.05) is 19.9 Å². The number of rotatable bonds is 4. The predicted octanol–water partition coefficient (Wildman–Crippen LogP) is 3.37. The average Bonchev–Trinajstić information content (AvgIpc) is 2.83. The van der Waals surface area contributed by atoms with Crippen molar-refractivity contribution in [1.82, 2.24) is 4.90 Å². The summed E-state index contributed by atoms with van der Waals surface area (Å²) in [6.07, 6.45) is 0. The van der Waals surface area contributed by atoms with Crippen molar-refractivity contribution in [2.24, 2.45) is 0 Å². The number of amides is 1. The second-order valence-corrected chi connectivity index (χ2v) is 6.26. The Hall–Kier alpha value is -1.53. The van der Waals surface area contributed by atoms with E-state index in [1.54, 1.807) is 48.6 Å². The van der Waals surface area contributed by atoms with Gasteiger partial charge in [-0.2, -0.15) is 0 Å². The number of hydrogen-bond donors (Lipinski definition) is 1. The number of halogens is 1. The van der Waals surface area contributed by atoms with Crippen LogP contribution < -0.4 is 10.5 Å². The summed E-state index contributed by atoms with van der Waals surface area (Å²) < 4.78 is 6.11. The van der Waals surface area contributed by atoms with Crippen molar-refractivity contribution >= 4 is 38.9 Å². The third kappa shape index (κ3) is 3.32. The number of methoxy groups -OCH3 is 1. The highest BCUT2D eigenvalue weighted by atomic mass is 79.9. The zero-order chi connectivity index (χ0) is 14.7. The molecule has 0 aliphatic carbocycles. The minimum Gasteiger partial charge on any atom is -0.497 e. The van der Waals surface area contributed by atoms with Gasteiger partial charge in [-0.25, -0.2) is 0 Å². The van der Waals surface area contributed by atoms with Crippen molar-refractivity contribution in [1.29, 1.82) is 0 Å². The van der Waals surface area contributed by atoms with Crippen molar-refractivity contribution in [2.45, 2.75) is 6.54 Å². The Morgan fingerprint density at radius 3 is 2.75 bits per heavy atom. The Kier molecular flexibility index (Phi) is 4.67. The average molecular weight is 355 g/mol. The van der Waals surface area contributed by atoms with Gasteiger partial charge in [0.15, 0.2) is 0 Å². The highest BCUT2D eigenvalue weighted by Crippen LogP contribution is 2.24. The fourth-order valence-corrected chi connectivity index (χ4v) is 3.31. The van der Waals surface area contributed by atoms with Crippen LogP contribution in [0.3, 0.4) is 0 Å². The first-order valence-corrected chi connectivity index (χ1v) is 7.60. The van der Waals surface area contributed by atoms with E-state index in [0.29, 0.717) is 23.5 Å². The summed E-state index contributed by atoms with van der Waals surface area (Å²) >= 11 is 5.01. The topological polar surface area (TPSA) is 55.6 Å². The first-order chi connectivity index (χ1) is 9.51. The number of nitrogens with two attached hydrogens (primary N) is 1. The summed E-state index contributed by atoms with van der Waals surface area (Å²) in [6.45, 7) is 0.556. The van der Waals surface area contributed by atoms with Crippen LogP contribution in [0.15, 0.2) is 34.1 Å². The third-order valence-corrected chi connectivity index (χ3v) is 4.53. The summed E-state index contributed by atoms with van der Waals surface area (Å²) in [6, 6.07) is 7.09. The smallest absolute Gasteiger partial charge is 0.256 e. The van der Waals surface area contributed by atoms with E-state index >= 15 is 0 Å². The van der Waals surface area contributed by atoms with Crippen molar-refractivity contribution in [3.8, 4) is 5.75 Å². The number of anilines is 1. The molecule has 0 bridgehead atoms. The molecule has 0 spiro atoms. The summed E-state index contributed by atoms with van der Waals surface area (Å²) in [5, 5.41) is 2.00. The fourth-order valence-electron chi connectivity index (χ4n) is 1.81. The van der Waals surface area contributed by atoms with Crippen LogP contribution in [-0.4, -0.2) is 25.0 Å². The van der Waals surface area contributed by atoms with Crippen LogP contribution >= 0.6 is 27.3 Å². The van der Waals surface area contributed by atoms with Crippen LogP contribution in [0.4, 0.5) is 5.69 Å². The van der Waals surface area contributed by atoms with Gasteiger partial charge in [0.05, 0.1) is 19.2 Å². The number of nitrogen functional groups attached to an aromatic ring is 1. The quantitative estimate of drug-likeness (QED) is 0.856. The Balaban J connectivity index is 2.14. The molecule has 2 N–H and O–H groups in total. The highest BCUT2D eigenvalue weighted by Gasteiger charge is 2.16. The molecule has 1 heterocycles. The van der Waals surface area contributed by atoms with Gasteiger partial charge in [-0.15, -0.1) is 11.3 Å². The molecule has 0 atom stereocenters. The number of carbonyl (C=O) groups is 1. The van der Waals surface area contributed by atoms with Gasteiger partial charge in [0.25, 0.3) is 5.91 Å². The van der Waals surface area contributed by atoms with Crippen LogP contribution in [0.5, 0.6) is 5.75 Å². The minimum atomic E-state index is -0.102. The lowest BCUT2D eigenvalue weighted by atomic mass is 10.1. The number of nitrogens with zero attached hydrogens (tertiary/aromatic N) is 1. The Morgan fingerprint density at radius 2 is 2.20 bits per heavy atom. The molecule has 106 valence electrons. The standard InChI is InChI=1S/C14H15BrN2O2S/c1-17(7-11-5-9(15)8-20-11)14(18)12-4-3-10(19-2)6-13(12)16/h3-6,8H,7,16H2,1-2H3. The molecule has 0 saturated carbocycles. The van der Waals surface area contributed by atoms with E-state index < -0.39 is 0 Å². The molecule has 1 aromatic carbocycles.